The predicted molar refractivity (Wildman–Crippen MR) is 106 cm³/mol. The summed E-state index contributed by atoms with van der Waals surface area (Å²) in [4.78, 5) is 42.1. The number of ether oxygens (including phenoxy) is 1. The zero-order valence-corrected chi connectivity index (χ0v) is 16.6. The van der Waals surface area contributed by atoms with Gasteiger partial charge in [0.05, 0.1) is 12.1 Å². The molecule has 8 nitrogen and oxygen atoms in total. The molecule has 0 bridgehead atoms. The molecular weight excluding hydrogens is 372 g/mol. The summed E-state index contributed by atoms with van der Waals surface area (Å²) in [6.07, 6.45) is 3.65. The maximum atomic E-state index is 12.8. The first-order chi connectivity index (χ1) is 14.0. The van der Waals surface area contributed by atoms with Gasteiger partial charge in [-0.2, -0.15) is 0 Å². The molecule has 0 aromatic heterocycles. The van der Waals surface area contributed by atoms with Crippen LogP contribution in [0.4, 0.5) is 4.79 Å². The molecule has 29 heavy (non-hydrogen) atoms. The van der Waals surface area contributed by atoms with Crippen molar-refractivity contribution >= 4 is 18.0 Å². The first-order valence-electron chi connectivity index (χ1n) is 10.4. The van der Waals surface area contributed by atoms with Gasteiger partial charge in [0, 0.05) is 45.3 Å². The maximum absolute atomic E-state index is 12.8. The molecule has 2 amide bonds. The number of carbonyl (C=O) groups is 3. The number of fused-ring (bicyclic) bond motifs is 1. The number of nitrogens with two attached hydrogens (primary N) is 1. The quantitative estimate of drug-likeness (QED) is 0.598. The van der Waals surface area contributed by atoms with E-state index in [-0.39, 0.29) is 5.91 Å². The summed E-state index contributed by atoms with van der Waals surface area (Å²) in [5, 5.41) is 0. The fourth-order valence-electron chi connectivity index (χ4n) is 4.41. The standard InChI is InChI=1S/C21H28N4O4/c22-21(28)29-20(27)16-5-4-15-6-7-23(13-17(15)12-16)14-19(26)25-10-8-24(9-11-25)18-2-1-3-18/h4-5,12,18H,1-3,6-11,13-14H2,(H2,22,28). The van der Waals surface area contributed by atoms with Crippen LogP contribution in [0.5, 0.6) is 0 Å². The van der Waals surface area contributed by atoms with Crippen LogP contribution in [0.1, 0.15) is 40.7 Å². The molecule has 1 aromatic carbocycles. The number of hydrogen-bond donors (Lipinski definition) is 1. The van der Waals surface area contributed by atoms with Gasteiger partial charge in [-0.25, -0.2) is 9.59 Å². The number of nitrogens with zero attached hydrogens (tertiary/aromatic N) is 3. The van der Waals surface area contributed by atoms with Gasteiger partial charge in [-0.3, -0.25) is 14.6 Å². The third-order valence-corrected chi connectivity index (χ3v) is 6.34. The Morgan fingerprint density at radius 1 is 1.03 bits per heavy atom. The molecule has 2 heterocycles. The second-order valence-corrected chi connectivity index (χ2v) is 8.15. The molecule has 0 unspecified atom stereocenters. The SMILES string of the molecule is NC(=O)OC(=O)c1ccc2c(c1)CN(CC(=O)N1CCN(C3CCC3)CC1)CC2. The Bertz CT molecular complexity index is 800. The van der Waals surface area contributed by atoms with Crippen LogP contribution in [-0.2, 0) is 22.5 Å². The van der Waals surface area contributed by atoms with Crippen molar-refractivity contribution in [2.45, 2.75) is 38.3 Å². The van der Waals surface area contributed by atoms with Crippen molar-refractivity contribution in [2.75, 3.05) is 39.3 Å². The first kappa shape index (κ1) is 19.8. The van der Waals surface area contributed by atoms with Crippen molar-refractivity contribution in [1.29, 1.82) is 0 Å². The molecule has 1 aromatic rings. The third kappa shape index (κ3) is 4.59. The van der Waals surface area contributed by atoms with Crippen LogP contribution in [-0.4, -0.2) is 78.0 Å². The topological polar surface area (TPSA) is 96.2 Å². The summed E-state index contributed by atoms with van der Waals surface area (Å²) in [6, 6.07) is 5.99. The lowest BCUT2D eigenvalue weighted by atomic mass is 9.91. The largest absolute Gasteiger partial charge is 0.412 e. The zero-order chi connectivity index (χ0) is 20.4. The lowest BCUT2D eigenvalue weighted by Gasteiger charge is -2.43. The normalized spacial score (nSPS) is 20.6. The number of amides is 2. The zero-order valence-electron chi connectivity index (χ0n) is 16.6. The number of rotatable bonds is 4. The highest BCUT2D eigenvalue weighted by Gasteiger charge is 2.30. The van der Waals surface area contributed by atoms with Crippen LogP contribution in [0.3, 0.4) is 0 Å². The second kappa shape index (κ2) is 8.51. The van der Waals surface area contributed by atoms with Crippen molar-refractivity contribution in [1.82, 2.24) is 14.7 Å². The van der Waals surface area contributed by atoms with E-state index in [4.69, 9.17) is 5.73 Å². The average molecular weight is 400 g/mol. The summed E-state index contributed by atoms with van der Waals surface area (Å²) < 4.78 is 4.46. The van der Waals surface area contributed by atoms with E-state index in [1.165, 1.54) is 19.3 Å². The van der Waals surface area contributed by atoms with Gasteiger partial charge in [-0.1, -0.05) is 12.5 Å². The number of hydrogen-bond acceptors (Lipinski definition) is 6. The third-order valence-electron chi connectivity index (χ3n) is 6.34. The van der Waals surface area contributed by atoms with Crippen LogP contribution >= 0.6 is 0 Å². The molecule has 8 heteroatoms. The van der Waals surface area contributed by atoms with Gasteiger partial charge in [0.1, 0.15) is 0 Å². The summed E-state index contributed by atoms with van der Waals surface area (Å²) in [7, 11) is 0. The van der Waals surface area contributed by atoms with Crippen molar-refractivity contribution < 1.29 is 19.1 Å². The molecule has 3 aliphatic rings. The monoisotopic (exact) mass is 400 g/mol. The molecule has 2 aliphatic heterocycles. The molecule has 1 aliphatic carbocycles. The Labute approximate surface area is 170 Å². The minimum Gasteiger partial charge on any atom is -0.373 e. The molecule has 0 atom stereocenters. The molecule has 0 radical (unpaired) electrons. The molecule has 2 fully saturated rings. The highest BCUT2D eigenvalue weighted by Crippen LogP contribution is 2.26. The summed E-state index contributed by atoms with van der Waals surface area (Å²) in [5.74, 6) is -0.580. The molecular formula is C21H28N4O4. The Hall–Kier alpha value is -2.45. The van der Waals surface area contributed by atoms with Crippen molar-refractivity contribution in [3.63, 3.8) is 0 Å². The first-order valence-corrected chi connectivity index (χ1v) is 10.4. The Morgan fingerprint density at radius 2 is 1.79 bits per heavy atom. The molecule has 156 valence electrons. The number of piperazine rings is 1. The van der Waals surface area contributed by atoms with E-state index in [9.17, 15) is 14.4 Å². The van der Waals surface area contributed by atoms with Crippen LogP contribution in [0.25, 0.3) is 0 Å². The minimum atomic E-state index is -1.11. The maximum Gasteiger partial charge on any atom is 0.412 e. The number of primary amides is 1. The van der Waals surface area contributed by atoms with Crippen LogP contribution < -0.4 is 5.73 Å². The average Bonchev–Trinajstić information content (AvgIpc) is 2.66. The van der Waals surface area contributed by atoms with Crippen molar-refractivity contribution in [2.24, 2.45) is 5.73 Å². The van der Waals surface area contributed by atoms with E-state index in [1.807, 2.05) is 11.0 Å². The van der Waals surface area contributed by atoms with Crippen LogP contribution in [0, 0.1) is 0 Å². The van der Waals surface area contributed by atoms with Gasteiger partial charge in [0.2, 0.25) is 5.91 Å². The summed E-state index contributed by atoms with van der Waals surface area (Å²) >= 11 is 0. The molecule has 1 saturated carbocycles. The lowest BCUT2D eigenvalue weighted by Crippen LogP contribution is -2.55. The molecule has 4 rings (SSSR count). The van der Waals surface area contributed by atoms with E-state index in [0.29, 0.717) is 18.7 Å². The molecule has 2 N–H and O–H groups in total. The van der Waals surface area contributed by atoms with Gasteiger partial charge < -0.3 is 15.4 Å². The van der Waals surface area contributed by atoms with Crippen LogP contribution in [0.15, 0.2) is 18.2 Å². The van der Waals surface area contributed by atoms with E-state index in [1.54, 1.807) is 12.1 Å². The minimum absolute atomic E-state index is 0.172. The van der Waals surface area contributed by atoms with E-state index in [0.717, 1.165) is 56.3 Å². The van der Waals surface area contributed by atoms with Gasteiger partial charge in [-0.05, 0) is 42.5 Å². The summed E-state index contributed by atoms with van der Waals surface area (Å²) in [6.45, 7) is 5.37. The molecule has 1 saturated heterocycles. The predicted octanol–water partition coefficient (Wildman–Crippen LogP) is 0.977. The number of carbonyl (C=O) groups excluding carboxylic acids is 3. The second-order valence-electron chi connectivity index (χ2n) is 8.15. The highest BCUT2D eigenvalue weighted by molar-refractivity contribution is 5.96. The Morgan fingerprint density at radius 3 is 2.45 bits per heavy atom. The summed E-state index contributed by atoms with van der Waals surface area (Å²) in [5.41, 5.74) is 7.35. The van der Waals surface area contributed by atoms with Gasteiger partial charge in [-0.15, -0.1) is 0 Å². The van der Waals surface area contributed by atoms with Gasteiger partial charge in [0.15, 0.2) is 0 Å². The smallest absolute Gasteiger partial charge is 0.373 e. The van der Waals surface area contributed by atoms with E-state index in [2.05, 4.69) is 14.5 Å². The number of esters is 1. The van der Waals surface area contributed by atoms with Crippen molar-refractivity contribution in [3.8, 4) is 0 Å². The number of benzene rings is 1. The van der Waals surface area contributed by atoms with Gasteiger partial charge in [0.25, 0.3) is 0 Å². The van der Waals surface area contributed by atoms with Crippen molar-refractivity contribution in [3.05, 3.63) is 34.9 Å². The van der Waals surface area contributed by atoms with Crippen LogP contribution in [0.2, 0.25) is 0 Å². The highest BCUT2D eigenvalue weighted by atomic mass is 16.6. The molecule has 0 spiro atoms. The van der Waals surface area contributed by atoms with E-state index < -0.39 is 12.1 Å². The lowest BCUT2D eigenvalue weighted by molar-refractivity contribution is -0.135. The Kier molecular flexibility index (Phi) is 5.82. The van der Waals surface area contributed by atoms with Gasteiger partial charge >= 0.3 is 12.1 Å². The Balaban J connectivity index is 1.31. The fourth-order valence-corrected chi connectivity index (χ4v) is 4.41. The van der Waals surface area contributed by atoms with E-state index >= 15 is 0 Å². The fraction of sp³-hybridized carbons (Fsp3) is 0.571.